The number of nitrogens with zero attached hydrogens (tertiary/aromatic N) is 1. The van der Waals surface area contributed by atoms with Crippen LogP contribution in [0.25, 0.3) is 0 Å². The van der Waals surface area contributed by atoms with Crippen LogP contribution in [0.2, 0.25) is 5.02 Å². The highest BCUT2D eigenvalue weighted by Gasteiger charge is 2.28. The van der Waals surface area contributed by atoms with Gasteiger partial charge in [0, 0.05) is 23.7 Å². The van der Waals surface area contributed by atoms with Crippen molar-refractivity contribution < 1.29 is 23.8 Å². The topological polar surface area (TPSA) is 77.1 Å². The number of morpholine rings is 1. The molecule has 0 bridgehead atoms. The Hall–Kier alpha value is -2.77. The van der Waals surface area contributed by atoms with E-state index in [0.717, 1.165) is 0 Å². The summed E-state index contributed by atoms with van der Waals surface area (Å²) >= 11 is 6.15. The fourth-order valence-electron chi connectivity index (χ4n) is 3.49. The van der Waals surface area contributed by atoms with Gasteiger partial charge in [0.1, 0.15) is 0 Å². The summed E-state index contributed by atoms with van der Waals surface area (Å²) in [6, 6.07) is 9.68. The third-order valence-corrected chi connectivity index (χ3v) is 5.05. The van der Waals surface area contributed by atoms with Crippen LogP contribution in [-0.2, 0) is 4.74 Å². The zero-order valence-electron chi connectivity index (χ0n) is 17.4. The van der Waals surface area contributed by atoms with Crippen molar-refractivity contribution in [2.45, 2.75) is 26.1 Å². The van der Waals surface area contributed by atoms with Crippen molar-refractivity contribution in [1.29, 1.82) is 0 Å². The lowest BCUT2D eigenvalue weighted by Gasteiger charge is -2.35. The molecular weight excluding hydrogens is 408 g/mol. The number of methoxy groups -OCH3 is 2. The van der Waals surface area contributed by atoms with Crippen LogP contribution in [0.15, 0.2) is 36.4 Å². The molecule has 2 atom stereocenters. The molecule has 0 saturated carbocycles. The summed E-state index contributed by atoms with van der Waals surface area (Å²) in [4.78, 5) is 27.7. The molecule has 2 unspecified atom stereocenters. The Balaban J connectivity index is 1.86. The molecule has 1 aliphatic heterocycles. The van der Waals surface area contributed by atoms with Crippen molar-refractivity contribution in [1.82, 2.24) is 4.90 Å². The maximum Gasteiger partial charge on any atom is 0.256 e. The van der Waals surface area contributed by atoms with Gasteiger partial charge in [-0.1, -0.05) is 11.6 Å². The SMILES string of the molecule is COc1ccc(C(=O)Nc2ccc(Cl)cc2C(=O)N2CC(C)OC(C)C2)cc1OC. The zero-order valence-corrected chi connectivity index (χ0v) is 18.2. The molecule has 160 valence electrons. The molecule has 2 aromatic rings. The number of halogens is 1. The summed E-state index contributed by atoms with van der Waals surface area (Å²) in [6.45, 7) is 4.79. The molecule has 0 aromatic heterocycles. The number of hydrogen-bond donors (Lipinski definition) is 1. The first-order valence-electron chi connectivity index (χ1n) is 9.60. The standard InChI is InChI=1S/C22H25ClN2O5/c1-13-11-25(12-14(2)30-13)22(27)17-10-16(23)6-7-18(17)24-21(26)15-5-8-19(28-3)20(9-15)29-4/h5-10,13-14H,11-12H2,1-4H3,(H,24,26). The van der Waals surface area contributed by atoms with Gasteiger partial charge in [0.15, 0.2) is 11.5 Å². The number of hydrogen-bond acceptors (Lipinski definition) is 5. The Labute approximate surface area is 180 Å². The maximum absolute atomic E-state index is 13.2. The highest BCUT2D eigenvalue weighted by molar-refractivity contribution is 6.31. The first-order valence-corrected chi connectivity index (χ1v) is 9.97. The molecule has 3 rings (SSSR count). The predicted molar refractivity (Wildman–Crippen MR) is 115 cm³/mol. The minimum Gasteiger partial charge on any atom is -0.493 e. The average Bonchev–Trinajstić information content (AvgIpc) is 2.73. The number of ether oxygens (including phenoxy) is 3. The van der Waals surface area contributed by atoms with Crippen molar-refractivity contribution in [3.63, 3.8) is 0 Å². The third kappa shape index (κ3) is 4.86. The Morgan fingerprint density at radius 1 is 1.03 bits per heavy atom. The Bertz CT molecular complexity index is 939. The van der Waals surface area contributed by atoms with Crippen LogP contribution in [0, 0.1) is 0 Å². The molecule has 2 amide bonds. The number of carbonyl (C=O) groups is 2. The second-order valence-corrected chi connectivity index (χ2v) is 7.62. The van der Waals surface area contributed by atoms with Gasteiger partial charge in [-0.05, 0) is 50.2 Å². The fraction of sp³-hybridized carbons (Fsp3) is 0.364. The number of anilines is 1. The molecule has 1 fully saturated rings. The smallest absolute Gasteiger partial charge is 0.256 e. The summed E-state index contributed by atoms with van der Waals surface area (Å²) in [7, 11) is 3.02. The second-order valence-electron chi connectivity index (χ2n) is 7.18. The normalized spacial score (nSPS) is 18.6. The van der Waals surface area contributed by atoms with E-state index in [4.69, 9.17) is 25.8 Å². The summed E-state index contributed by atoms with van der Waals surface area (Å²) in [5.74, 6) is 0.374. The first-order chi connectivity index (χ1) is 14.3. The Morgan fingerprint density at radius 3 is 2.33 bits per heavy atom. The van der Waals surface area contributed by atoms with Crippen LogP contribution < -0.4 is 14.8 Å². The van der Waals surface area contributed by atoms with E-state index in [1.165, 1.54) is 14.2 Å². The Morgan fingerprint density at radius 2 is 1.70 bits per heavy atom. The van der Waals surface area contributed by atoms with E-state index in [0.29, 0.717) is 46.4 Å². The molecule has 0 spiro atoms. The molecule has 30 heavy (non-hydrogen) atoms. The van der Waals surface area contributed by atoms with Crippen molar-refractivity contribution >= 4 is 29.1 Å². The van der Waals surface area contributed by atoms with Crippen LogP contribution in [0.5, 0.6) is 11.5 Å². The van der Waals surface area contributed by atoms with Crippen molar-refractivity contribution in [3.8, 4) is 11.5 Å². The third-order valence-electron chi connectivity index (χ3n) is 4.81. The number of nitrogens with one attached hydrogen (secondary N) is 1. The maximum atomic E-state index is 13.2. The molecular formula is C22H25ClN2O5. The largest absolute Gasteiger partial charge is 0.493 e. The van der Waals surface area contributed by atoms with Gasteiger partial charge in [-0.3, -0.25) is 9.59 Å². The van der Waals surface area contributed by atoms with Gasteiger partial charge in [0.25, 0.3) is 11.8 Å². The van der Waals surface area contributed by atoms with E-state index in [2.05, 4.69) is 5.32 Å². The van der Waals surface area contributed by atoms with Crippen LogP contribution >= 0.6 is 11.6 Å². The van der Waals surface area contributed by atoms with Crippen LogP contribution in [0.1, 0.15) is 34.6 Å². The molecule has 1 aliphatic rings. The van der Waals surface area contributed by atoms with Gasteiger partial charge in [-0.15, -0.1) is 0 Å². The second kappa shape index (κ2) is 9.36. The average molecular weight is 433 g/mol. The summed E-state index contributed by atoms with van der Waals surface area (Å²) in [5, 5.41) is 3.23. The lowest BCUT2D eigenvalue weighted by atomic mass is 10.1. The zero-order chi connectivity index (χ0) is 21.8. The van der Waals surface area contributed by atoms with Gasteiger partial charge in [0.2, 0.25) is 0 Å². The fourth-order valence-corrected chi connectivity index (χ4v) is 3.66. The molecule has 8 heteroatoms. The lowest BCUT2D eigenvalue weighted by Crippen LogP contribution is -2.48. The molecule has 0 aliphatic carbocycles. The van der Waals surface area contributed by atoms with E-state index in [-0.39, 0.29) is 24.0 Å². The summed E-state index contributed by atoms with van der Waals surface area (Å²) in [6.07, 6.45) is -0.136. The number of benzene rings is 2. The van der Waals surface area contributed by atoms with Gasteiger partial charge < -0.3 is 24.4 Å². The quantitative estimate of drug-likeness (QED) is 0.776. The summed E-state index contributed by atoms with van der Waals surface area (Å²) < 4.78 is 16.2. The minimum absolute atomic E-state index is 0.0679. The Kier molecular flexibility index (Phi) is 6.84. The van der Waals surface area contributed by atoms with Crippen molar-refractivity contribution in [2.75, 3.05) is 32.6 Å². The number of carbonyl (C=O) groups excluding carboxylic acids is 2. The van der Waals surface area contributed by atoms with Gasteiger partial charge >= 0.3 is 0 Å². The van der Waals surface area contributed by atoms with E-state index >= 15 is 0 Å². The van der Waals surface area contributed by atoms with Crippen molar-refractivity contribution in [2.24, 2.45) is 0 Å². The van der Waals surface area contributed by atoms with E-state index in [1.807, 2.05) is 13.8 Å². The molecule has 7 nitrogen and oxygen atoms in total. The molecule has 0 radical (unpaired) electrons. The predicted octanol–water partition coefficient (Wildman–Crippen LogP) is 3.86. The van der Waals surface area contributed by atoms with Gasteiger partial charge in [-0.2, -0.15) is 0 Å². The number of rotatable bonds is 5. The van der Waals surface area contributed by atoms with Crippen LogP contribution in [-0.4, -0.2) is 56.2 Å². The van der Waals surface area contributed by atoms with Crippen molar-refractivity contribution in [3.05, 3.63) is 52.5 Å². The number of amides is 2. The minimum atomic E-state index is -0.379. The van der Waals surface area contributed by atoms with E-state index in [9.17, 15) is 9.59 Å². The molecule has 2 aromatic carbocycles. The molecule has 1 heterocycles. The van der Waals surface area contributed by atoms with Crippen LogP contribution in [0.3, 0.4) is 0 Å². The van der Waals surface area contributed by atoms with Gasteiger partial charge in [-0.25, -0.2) is 0 Å². The first kappa shape index (κ1) is 21.9. The van der Waals surface area contributed by atoms with Gasteiger partial charge in [0.05, 0.1) is 37.7 Å². The highest BCUT2D eigenvalue weighted by Crippen LogP contribution is 2.29. The van der Waals surface area contributed by atoms with E-state index < -0.39 is 0 Å². The lowest BCUT2D eigenvalue weighted by molar-refractivity contribution is -0.0585. The van der Waals surface area contributed by atoms with Crippen LogP contribution in [0.4, 0.5) is 5.69 Å². The molecule has 1 saturated heterocycles. The highest BCUT2D eigenvalue weighted by atomic mass is 35.5. The summed E-state index contributed by atoms with van der Waals surface area (Å²) in [5.41, 5.74) is 1.09. The molecule has 1 N–H and O–H groups in total. The monoisotopic (exact) mass is 432 g/mol. The van der Waals surface area contributed by atoms with E-state index in [1.54, 1.807) is 41.3 Å².